The van der Waals surface area contributed by atoms with E-state index in [-0.39, 0.29) is 19.1 Å². The molecule has 1 aromatic heterocycles. The first-order valence-corrected chi connectivity index (χ1v) is 10.5. The van der Waals surface area contributed by atoms with Gasteiger partial charge in [-0.05, 0) is 38.5 Å². The zero-order valence-electron chi connectivity index (χ0n) is 18.3. The number of benzene rings is 2. The van der Waals surface area contributed by atoms with Crippen molar-refractivity contribution in [2.45, 2.75) is 26.8 Å². The molecule has 0 radical (unpaired) electrons. The largest absolute Gasteiger partial charge is 0.463 e. The third-order valence-electron chi connectivity index (χ3n) is 5.36. The summed E-state index contributed by atoms with van der Waals surface area (Å²) < 4.78 is 7.03. The Morgan fingerprint density at radius 2 is 1.78 bits per heavy atom. The molecule has 8 nitrogen and oxygen atoms in total. The third kappa shape index (κ3) is 4.12. The van der Waals surface area contributed by atoms with Crippen LogP contribution < -0.4 is 10.2 Å². The van der Waals surface area contributed by atoms with E-state index in [1.165, 1.54) is 6.33 Å². The monoisotopic (exact) mass is 431 g/mol. The number of anilines is 2. The summed E-state index contributed by atoms with van der Waals surface area (Å²) in [6, 6.07) is 16.7. The Balaban J connectivity index is 1.71. The molecule has 1 aliphatic rings. The lowest BCUT2D eigenvalue weighted by atomic mass is 9.95. The molecule has 1 aliphatic heterocycles. The van der Waals surface area contributed by atoms with Gasteiger partial charge in [0.15, 0.2) is 0 Å². The van der Waals surface area contributed by atoms with Gasteiger partial charge in [0.2, 0.25) is 11.9 Å². The van der Waals surface area contributed by atoms with Gasteiger partial charge in [-0.25, -0.2) is 9.48 Å². The van der Waals surface area contributed by atoms with Gasteiger partial charge >= 0.3 is 5.97 Å². The smallest absolute Gasteiger partial charge is 0.338 e. The van der Waals surface area contributed by atoms with Gasteiger partial charge in [-0.2, -0.15) is 10.1 Å². The highest BCUT2D eigenvalue weighted by Crippen LogP contribution is 2.38. The van der Waals surface area contributed by atoms with Gasteiger partial charge in [-0.3, -0.25) is 4.79 Å². The van der Waals surface area contributed by atoms with Crippen LogP contribution in [0, 0.1) is 6.92 Å². The highest BCUT2D eigenvalue weighted by Gasteiger charge is 2.38. The molecule has 4 rings (SSSR count). The molecule has 1 amide bonds. The second-order valence-electron chi connectivity index (χ2n) is 7.54. The minimum absolute atomic E-state index is 0.0250. The molecule has 0 aliphatic carbocycles. The molecular weight excluding hydrogens is 406 g/mol. The predicted octanol–water partition coefficient (Wildman–Crippen LogP) is 3.47. The van der Waals surface area contributed by atoms with E-state index in [0.29, 0.717) is 22.9 Å². The Kier molecular flexibility index (Phi) is 6.02. The summed E-state index contributed by atoms with van der Waals surface area (Å²) in [6.45, 7) is 5.78. The zero-order valence-corrected chi connectivity index (χ0v) is 18.3. The van der Waals surface area contributed by atoms with Crippen molar-refractivity contribution in [1.29, 1.82) is 0 Å². The SMILES string of the molecule is CCOC(=O)C1=C(C)N(CC(=O)Nc2ccc(C)cc2)c2ncnn2C1c1ccccc1. The number of nitrogens with zero attached hydrogens (tertiary/aromatic N) is 4. The molecular formula is C24H25N5O3. The van der Waals surface area contributed by atoms with Crippen LogP contribution in [-0.2, 0) is 14.3 Å². The molecule has 0 fully saturated rings. The van der Waals surface area contributed by atoms with E-state index in [0.717, 1.165) is 11.1 Å². The van der Waals surface area contributed by atoms with E-state index in [1.807, 2.05) is 61.5 Å². The normalized spacial score (nSPS) is 15.3. The molecule has 0 spiro atoms. The van der Waals surface area contributed by atoms with Crippen LogP contribution in [0.3, 0.4) is 0 Å². The number of carbonyl (C=O) groups is 2. The maximum absolute atomic E-state index is 13.0. The van der Waals surface area contributed by atoms with Crippen LogP contribution in [0.5, 0.6) is 0 Å². The maximum Gasteiger partial charge on any atom is 0.338 e. The number of aromatic nitrogens is 3. The molecule has 1 atom stereocenters. The third-order valence-corrected chi connectivity index (χ3v) is 5.36. The molecule has 0 saturated heterocycles. The van der Waals surface area contributed by atoms with Crippen LogP contribution in [0.2, 0.25) is 0 Å². The molecule has 0 saturated carbocycles. The summed E-state index contributed by atoms with van der Waals surface area (Å²) in [6.07, 6.45) is 1.43. The number of fused-ring (bicyclic) bond motifs is 1. The van der Waals surface area contributed by atoms with Crippen molar-refractivity contribution in [2.75, 3.05) is 23.4 Å². The number of rotatable bonds is 6. The molecule has 1 N–H and O–H groups in total. The van der Waals surface area contributed by atoms with E-state index < -0.39 is 12.0 Å². The number of nitrogens with one attached hydrogen (secondary N) is 1. The van der Waals surface area contributed by atoms with Crippen molar-refractivity contribution in [3.05, 3.63) is 83.3 Å². The standard InChI is InChI=1S/C24H25N5O3/c1-4-32-23(31)21-17(3)28(14-20(30)27-19-12-10-16(2)11-13-19)24-25-15-26-29(24)22(21)18-8-6-5-7-9-18/h5-13,15,22H,4,14H2,1-3H3,(H,27,30). The first kappa shape index (κ1) is 21.3. The fraction of sp³-hybridized carbons (Fsp3) is 0.250. The minimum atomic E-state index is -0.496. The molecule has 8 heteroatoms. The Bertz CT molecular complexity index is 1150. The van der Waals surface area contributed by atoms with Gasteiger partial charge < -0.3 is 15.0 Å². The van der Waals surface area contributed by atoms with Crippen LogP contribution >= 0.6 is 0 Å². The molecule has 2 aromatic carbocycles. The molecule has 164 valence electrons. The van der Waals surface area contributed by atoms with Gasteiger partial charge in [0.1, 0.15) is 18.9 Å². The molecule has 32 heavy (non-hydrogen) atoms. The maximum atomic E-state index is 13.0. The second kappa shape index (κ2) is 9.05. The van der Waals surface area contributed by atoms with Crippen molar-refractivity contribution in [1.82, 2.24) is 14.8 Å². The average molecular weight is 431 g/mol. The minimum Gasteiger partial charge on any atom is -0.463 e. The molecule has 2 heterocycles. The summed E-state index contributed by atoms with van der Waals surface area (Å²) in [5.41, 5.74) is 3.73. The van der Waals surface area contributed by atoms with Crippen LogP contribution in [0.4, 0.5) is 11.6 Å². The number of esters is 1. The van der Waals surface area contributed by atoms with E-state index in [2.05, 4.69) is 15.4 Å². The lowest BCUT2D eigenvalue weighted by Gasteiger charge is -2.35. The van der Waals surface area contributed by atoms with Gasteiger partial charge in [-0.1, -0.05) is 48.0 Å². The number of hydrogen-bond donors (Lipinski definition) is 1. The number of hydrogen-bond acceptors (Lipinski definition) is 6. The number of aryl methyl sites for hydroxylation is 1. The second-order valence-corrected chi connectivity index (χ2v) is 7.54. The number of ether oxygens (including phenoxy) is 1. The molecule has 1 unspecified atom stereocenters. The lowest BCUT2D eigenvalue weighted by Crippen LogP contribution is -2.40. The fourth-order valence-corrected chi connectivity index (χ4v) is 3.82. The van der Waals surface area contributed by atoms with Crippen molar-refractivity contribution < 1.29 is 14.3 Å². The zero-order chi connectivity index (χ0) is 22.7. The Morgan fingerprint density at radius 1 is 1.06 bits per heavy atom. The molecule has 3 aromatic rings. The number of allylic oxidation sites excluding steroid dienone is 1. The van der Waals surface area contributed by atoms with E-state index >= 15 is 0 Å². The quantitative estimate of drug-likeness (QED) is 0.601. The predicted molar refractivity (Wildman–Crippen MR) is 121 cm³/mol. The number of carbonyl (C=O) groups excluding carboxylic acids is 2. The van der Waals surface area contributed by atoms with Crippen LogP contribution in [-0.4, -0.2) is 39.8 Å². The van der Waals surface area contributed by atoms with Crippen molar-refractivity contribution in [3.63, 3.8) is 0 Å². The average Bonchev–Trinajstić information content (AvgIpc) is 3.27. The lowest BCUT2D eigenvalue weighted by molar-refractivity contribution is -0.139. The Labute approximate surface area is 186 Å². The van der Waals surface area contributed by atoms with Crippen LogP contribution in [0.25, 0.3) is 0 Å². The Morgan fingerprint density at radius 3 is 2.47 bits per heavy atom. The topological polar surface area (TPSA) is 89.3 Å². The van der Waals surface area contributed by atoms with Gasteiger partial charge in [0, 0.05) is 11.4 Å². The van der Waals surface area contributed by atoms with Crippen LogP contribution in [0.15, 0.2) is 72.2 Å². The first-order chi connectivity index (χ1) is 15.5. The first-order valence-electron chi connectivity index (χ1n) is 10.5. The number of amides is 1. The Hall–Kier alpha value is -3.94. The summed E-state index contributed by atoms with van der Waals surface area (Å²) >= 11 is 0. The van der Waals surface area contributed by atoms with Gasteiger partial charge in [0.25, 0.3) is 0 Å². The molecule has 0 bridgehead atoms. The van der Waals surface area contributed by atoms with E-state index in [1.54, 1.807) is 23.4 Å². The highest BCUT2D eigenvalue weighted by molar-refractivity contribution is 5.96. The van der Waals surface area contributed by atoms with Crippen molar-refractivity contribution >= 4 is 23.5 Å². The van der Waals surface area contributed by atoms with Crippen molar-refractivity contribution in [2.24, 2.45) is 0 Å². The summed E-state index contributed by atoms with van der Waals surface area (Å²) in [7, 11) is 0. The summed E-state index contributed by atoms with van der Waals surface area (Å²) in [5, 5.41) is 7.28. The van der Waals surface area contributed by atoms with Crippen LogP contribution in [0.1, 0.15) is 31.0 Å². The van der Waals surface area contributed by atoms with Crippen molar-refractivity contribution in [3.8, 4) is 0 Å². The van der Waals surface area contributed by atoms with E-state index in [4.69, 9.17) is 4.74 Å². The summed E-state index contributed by atoms with van der Waals surface area (Å²) in [5.74, 6) is -0.184. The van der Waals surface area contributed by atoms with Gasteiger partial charge in [-0.15, -0.1) is 0 Å². The fourth-order valence-electron chi connectivity index (χ4n) is 3.82. The van der Waals surface area contributed by atoms with Gasteiger partial charge in [0.05, 0.1) is 12.2 Å². The van der Waals surface area contributed by atoms with E-state index in [9.17, 15) is 9.59 Å². The highest BCUT2D eigenvalue weighted by atomic mass is 16.5. The summed E-state index contributed by atoms with van der Waals surface area (Å²) in [4.78, 5) is 31.9.